The van der Waals surface area contributed by atoms with Gasteiger partial charge in [0.2, 0.25) is 16.8 Å². The number of aryl methyl sites for hydroxylation is 4. The second-order valence-corrected chi connectivity index (χ2v) is 14.9. The Bertz CT molecular complexity index is 1940. The van der Waals surface area contributed by atoms with Crippen LogP contribution in [0.4, 0.5) is 0 Å². The molecule has 6 aromatic rings. The molecule has 0 saturated carbocycles. The van der Waals surface area contributed by atoms with Crippen LogP contribution in [0.3, 0.4) is 0 Å². The van der Waals surface area contributed by atoms with Gasteiger partial charge in [0, 0.05) is 21.7 Å². The summed E-state index contributed by atoms with van der Waals surface area (Å²) in [5, 5.41) is 1.44. The fraction of sp³-hybridized carbons (Fsp3) is 0.200. The van der Waals surface area contributed by atoms with E-state index in [0.29, 0.717) is 0 Å². The predicted molar refractivity (Wildman–Crippen MR) is 217 cm³/mol. The van der Waals surface area contributed by atoms with Crippen LogP contribution in [0.2, 0.25) is 0 Å². The quantitative estimate of drug-likeness (QED) is 0.0872. The number of hydrogen-bond acceptors (Lipinski definition) is 4. The molecule has 0 spiro atoms. The van der Waals surface area contributed by atoms with Gasteiger partial charge < -0.3 is 18.8 Å². The van der Waals surface area contributed by atoms with Gasteiger partial charge in [0.15, 0.2) is 6.79 Å². The van der Waals surface area contributed by atoms with Crippen LogP contribution in [0, 0.1) is 0 Å². The molecule has 4 nitrogen and oxygen atoms in total. The summed E-state index contributed by atoms with van der Waals surface area (Å²) in [7, 11) is -4.18. The minimum Gasteiger partial charge on any atom is -0.346 e. The van der Waals surface area contributed by atoms with Crippen molar-refractivity contribution < 1.29 is 18.8 Å². The summed E-state index contributed by atoms with van der Waals surface area (Å²) >= 11 is 0. The topological polar surface area (TPSA) is 58.9 Å². The Morgan fingerprint density at radius 2 is 0.667 bits per heavy atom. The molecule has 0 heterocycles. The minimum absolute atomic E-state index is 0.264. The van der Waals surface area contributed by atoms with E-state index in [-0.39, 0.29) is 6.79 Å². The third-order valence-electron chi connectivity index (χ3n) is 9.56. The Labute approximate surface area is 305 Å². The van der Waals surface area contributed by atoms with Gasteiger partial charge in [-0.25, -0.2) is 0 Å². The standard InChI is InChI=1S/C45H46O4P2/c1-5-32-19-9-13-23-36(32)40-27-17-29-42(44(40)38-25-15-11-21-34(38)7-3)50(46)48-31-49-51(47)43-30-18-28-41(37-24-14-10-20-33(37)6-2)45(43)39-26-16-12-22-35(39)8-4/h9-30,46-47H,5-8,31H2,1-4H3. The van der Waals surface area contributed by atoms with E-state index >= 15 is 0 Å². The predicted octanol–water partition coefficient (Wildman–Crippen LogP) is 11.2. The summed E-state index contributed by atoms with van der Waals surface area (Å²) in [6, 6.07) is 45.8. The molecule has 51 heavy (non-hydrogen) atoms. The van der Waals surface area contributed by atoms with Gasteiger partial charge in [0.1, 0.15) is 0 Å². The van der Waals surface area contributed by atoms with E-state index in [0.717, 1.165) is 80.8 Å². The molecule has 0 amide bonds. The summed E-state index contributed by atoms with van der Waals surface area (Å²) < 4.78 is 12.2. The van der Waals surface area contributed by atoms with E-state index in [9.17, 15) is 9.79 Å². The lowest BCUT2D eigenvalue weighted by Gasteiger charge is -2.23. The largest absolute Gasteiger partial charge is 0.346 e. The third-order valence-corrected chi connectivity index (χ3v) is 11.8. The van der Waals surface area contributed by atoms with Crippen LogP contribution in [0.5, 0.6) is 0 Å². The summed E-state index contributed by atoms with van der Waals surface area (Å²) in [4.78, 5) is 23.5. The second kappa shape index (κ2) is 17.5. The van der Waals surface area contributed by atoms with E-state index in [1.54, 1.807) is 0 Å². The van der Waals surface area contributed by atoms with Crippen molar-refractivity contribution >= 4 is 27.4 Å². The van der Waals surface area contributed by atoms with Crippen molar-refractivity contribution in [2.24, 2.45) is 0 Å². The maximum atomic E-state index is 11.7. The van der Waals surface area contributed by atoms with Gasteiger partial charge in [-0.1, -0.05) is 149 Å². The van der Waals surface area contributed by atoms with Crippen LogP contribution >= 0.6 is 16.8 Å². The summed E-state index contributed by atoms with van der Waals surface area (Å²) in [6.45, 7) is 8.37. The monoisotopic (exact) mass is 712 g/mol. The van der Waals surface area contributed by atoms with Gasteiger partial charge in [-0.15, -0.1) is 0 Å². The fourth-order valence-corrected chi connectivity index (χ4v) is 8.96. The molecule has 0 aliphatic heterocycles. The van der Waals surface area contributed by atoms with Gasteiger partial charge in [0.05, 0.1) is 0 Å². The molecule has 0 aromatic heterocycles. The highest BCUT2D eigenvalue weighted by atomic mass is 31.2. The Kier molecular flexibility index (Phi) is 12.6. The van der Waals surface area contributed by atoms with Gasteiger partial charge in [0.25, 0.3) is 0 Å². The first-order valence-electron chi connectivity index (χ1n) is 17.8. The van der Waals surface area contributed by atoms with E-state index in [1.165, 1.54) is 22.3 Å². The highest BCUT2D eigenvalue weighted by Crippen LogP contribution is 2.45. The van der Waals surface area contributed by atoms with Crippen molar-refractivity contribution in [3.8, 4) is 44.5 Å². The van der Waals surface area contributed by atoms with Crippen molar-refractivity contribution in [1.82, 2.24) is 0 Å². The van der Waals surface area contributed by atoms with Gasteiger partial charge in [-0.3, -0.25) is 0 Å². The fourth-order valence-electron chi connectivity index (χ4n) is 7.00. The molecule has 0 saturated heterocycles. The average molecular weight is 713 g/mol. The number of benzene rings is 6. The maximum absolute atomic E-state index is 11.7. The van der Waals surface area contributed by atoms with Crippen LogP contribution in [-0.2, 0) is 34.7 Å². The molecule has 2 unspecified atom stereocenters. The van der Waals surface area contributed by atoms with Crippen LogP contribution in [-0.4, -0.2) is 16.6 Å². The lowest BCUT2D eigenvalue weighted by atomic mass is 9.88. The highest BCUT2D eigenvalue weighted by Gasteiger charge is 2.25. The molecule has 260 valence electrons. The number of hydrogen-bond donors (Lipinski definition) is 2. The summed E-state index contributed by atoms with van der Waals surface area (Å²) in [6.07, 6.45) is 3.49. The maximum Gasteiger partial charge on any atom is 0.205 e. The Morgan fingerprint density at radius 3 is 1.02 bits per heavy atom. The lowest BCUT2D eigenvalue weighted by molar-refractivity contribution is 0.128. The SMILES string of the molecule is CCc1ccccc1-c1cccc(P(O)OCOP(O)c2cccc(-c3ccccc3CC)c2-c2ccccc2CC)c1-c1ccccc1CC. The highest BCUT2D eigenvalue weighted by molar-refractivity contribution is 7.56. The van der Waals surface area contributed by atoms with Crippen LogP contribution in [0.25, 0.3) is 44.5 Å². The van der Waals surface area contributed by atoms with Crippen molar-refractivity contribution in [1.29, 1.82) is 0 Å². The zero-order chi connectivity index (χ0) is 35.7. The summed E-state index contributed by atoms with van der Waals surface area (Å²) in [5.74, 6) is 0. The Hall–Kier alpha value is -3.98. The Morgan fingerprint density at radius 1 is 0.373 bits per heavy atom. The van der Waals surface area contributed by atoms with Crippen molar-refractivity contribution in [3.05, 3.63) is 156 Å². The lowest BCUT2D eigenvalue weighted by Crippen LogP contribution is -2.13. The van der Waals surface area contributed by atoms with E-state index in [1.807, 2.05) is 36.4 Å². The molecular weight excluding hydrogens is 666 g/mol. The van der Waals surface area contributed by atoms with E-state index < -0.39 is 16.8 Å². The molecule has 6 rings (SSSR count). The zero-order valence-corrected chi connectivity index (χ0v) is 31.6. The average Bonchev–Trinajstić information content (AvgIpc) is 3.20. The molecule has 0 radical (unpaired) electrons. The van der Waals surface area contributed by atoms with Crippen LogP contribution in [0.1, 0.15) is 49.9 Å². The second-order valence-electron chi connectivity index (χ2n) is 12.4. The molecular formula is C45H46O4P2. The molecule has 0 bridgehead atoms. The molecule has 6 heteroatoms. The van der Waals surface area contributed by atoms with E-state index in [4.69, 9.17) is 9.05 Å². The van der Waals surface area contributed by atoms with Gasteiger partial charge in [-0.2, -0.15) is 0 Å². The molecule has 2 atom stereocenters. The first-order chi connectivity index (χ1) is 25.0. The van der Waals surface area contributed by atoms with Crippen LogP contribution < -0.4 is 10.6 Å². The van der Waals surface area contributed by atoms with Gasteiger partial charge >= 0.3 is 0 Å². The molecule has 0 fully saturated rings. The first-order valence-corrected chi connectivity index (χ1v) is 20.3. The smallest absolute Gasteiger partial charge is 0.205 e. The third kappa shape index (κ3) is 7.93. The summed E-state index contributed by atoms with van der Waals surface area (Å²) in [5.41, 5.74) is 13.4. The Balaban J connectivity index is 1.34. The van der Waals surface area contributed by atoms with Crippen molar-refractivity contribution in [2.45, 2.75) is 53.4 Å². The van der Waals surface area contributed by atoms with Crippen LogP contribution in [0.15, 0.2) is 133 Å². The number of rotatable bonds is 14. The molecule has 0 aliphatic rings. The molecule has 0 aliphatic carbocycles. The van der Waals surface area contributed by atoms with E-state index in [2.05, 4.69) is 125 Å². The molecule has 6 aromatic carbocycles. The minimum atomic E-state index is -2.09. The van der Waals surface area contributed by atoms with Gasteiger partial charge in [-0.05, 0) is 93.5 Å². The van der Waals surface area contributed by atoms with Crippen molar-refractivity contribution in [2.75, 3.05) is 6.79 Å². The van der Waals surface area contributed by atoms with Crippen molar-refractivity contribution in [3.63, 3.8) is 0 Å². The normalized spacial score (nSPS) is 12.5. The first kappa shape index (κ1) is 36.8. The molecule has 2 N–H and O–H groups in total. The zero-order valence-electron chi connectivity index (χ0n) is 29.8.